The quantitative estimate of drug-likeness (QED) is 0.529. The highest BCUT2D eigenvalue weighted by Crippen LogP contribution is 2.04. The lowest BCUT2D eigenvalue weighted by molar-refractivity contribution is 1.61. The minimum atomic E-state index is 1.05. The molecule has 1 rings (SSSR count). The second-order valence-corrected chi connectivity index (χ2v) is 2.20. The van der Waals surface area contributed by atoms with Gasteiger partial charge in [-0.1, -0.05) is 30.7 Å². The first-order valence-corrected chi connectivity index (χ1v) is 3.52. The maximum absolute atomic E-state index is 3.68. The minimum Gasteiger partial charge on any atom is -0.101 e. The zero-order valence-electron chi connectivity index (χ0n) is 6.59. The van der Waals surface area contributed by atoms with Gasteiger partial charge in [0.15, 0.2) is 0 Å². The van der Waals surface area contributed by atoms with Gasteiger partial charge < -0.3 is 0 Å². The van der Waals surface area contributed by atoms with Gasteiger partial charge in [-0.25, -0.2) is 0 Å². The van der Waals surface area contributed by atoms with Gasteiger partial charge >= 0.3 is 0 Å². The zero-order valence-corrected chi connectivity index (χ0v) is 6.59. The highest BCUT2D eigenvalue weighted by molar-refractivity contribution is 5.50. The Morgan fingerprint density at radius 2 is 2.27 bits per heavy atom. The lowest BCUT2D eigenvalue weighted by Gasteiger charge is -1.92. The molecule has 0 atom stereocenters. The van der Waals surface area contributed by atoms with Crippen molar-refractivity contribution in [3.05, 3.63) is 42.0 Å². The summed E-state index contributed by atoms with van der Waals surface area (Å²) in [6.45, 7) is 5.52. The van der Waals surface area contributed by atoms with Gasteiger partial charge in [0.1, 0.15) is 0 Å². The molecule has 0 saturated heterocycles. The fraction of sp³-hybridized carbons (Fsp3) is 0.0909. The molecule has 1 aromatic carbocycles. The molecule has 0 heterocycles. The molecule has 0 unspecified atom stereocenters. The Hall–Kier alpha value is -1.48. The van der Waals surface area contributed by atoms with Crippen LogP contribution in [0.15, 0.2) is 30.8 Å². The standard InChI is InChI=1S/C11H10/c1-3-6-11-8-5-7-10(4-2)9-11/h4-5,7-9H,2H2,1H3. The third-order valence-electron chi connectivity index (χ3n) is 1.39. The molecule has 0 N–H and O–H groups in total. The van der Waals surface area contributed by atoms with E-state index >= 15 is 0 Å². The van der Waals surface area contributed by atoms with Crippen LogP contribution >= 0.6 is 0 Å². The van der Waals surface area contributed by atoms with Gasteiger partial charge in [0.05, 0.1) is 0 Å². The van der Waals surface area contributed by atoms with E-state index in [2.05, 4.69) is 18.4 Å². The summed E-state index contributed by atoms with van der Waals surface area (Å²) in [6.07, 6.45) is 1.82. The normalized spacial score (nSPS) is 8.09. The smallest absolute Gasteiger partial charge is 0.0251 e. The molecule has 0 aromatic heterocycles. The summed E-state index contributed by atoms with van der Waals surface area (Å²) < 4.78 is 0. The third-order valence-corrected chi connectivity index (χ3v) is 1.39. The van der Waals surface area contributed by atoms with Crippen molar-refractivity contribution in [2.75, 3.05) is 0 Å². The topological polar surface area (TPSA) is 0 Å². The second-order valence-electron chi connectivity index (χ2n) is 2.20. The molecule has 0 spiro atoms. The molecule has 0 fully saturated rings. The van der Waals surface area contributed by atoms with E-state index < -0.39 is 0 Å². The Morgan fingerprint density at radius 1 is 1.45 bits per heavy atom. The largest absolute Gasteiger partial charge is 0.101 e. The van der Waals surface area contributed by atoms with Gasteiger partial charge in [0, 0.05) is 5.56 Å². The van der Waals surface area contributed by atoms with Crippen LogP contribution in [0.4, 0.5) is 0 Å². The number of benzene rings is 1. The molecule has 54 valence electrons. The van der Waals surface area contributed by atoms with Crippen LogP contribution in [0.3, 0.4) is 0 Å². The highest BCUT2D eigenvalue weighted by Gasteiger charge is 1.86. The Balaban J connectivity index is 3.06. The van der Waals surface area contributed by atoms with E-state index in [4.69, 9.17) is 0 Å². The Morgan fingerprint density at radius 3 is 2.91 bits per heavy atom. The van der Waals surface area contributed by atoms with Gasteiger partial charge in [-0.3, -0.25) is 0 Å². The molecule has 0 aliphatic carbocycles. The minimum absolute atomic E-state index is 1.05. The maximum Gasteiger partial charge on any atom is 0.0251 e. The van der Waals surface area contributed by atoms with E-state index in [0.717, 1.165) is 11.1 Å². The third kappa shape index (κ3) is 1.98. The van der Waals surface area contributed by atoms with Crippen LogP contribution in [0, 0.1) is 11.8 Å². The average Bonchev–Trinajstić information content (AvgIpc) is 2.06. The molecule has 0 aliphatic rings. The van der Waals surface area contributed by atoms with Gasteiger partial charge in [-0.2, -0.15) is 0 Å². The highest BCUT2D eigenvalue weighted by atomic mass is 13.9. The summed E-state index contributed by atoms with van der Waals surface area (Å²) in [5.41, 5.74) is 2.16. The van der Waals surface area contributed by atoms with Crippen LogP contribution in [0.25, 0.3) is 6.08 Å². The van der Waals surface area contributed by atoms with Crippen molar-refractivity contribution in [3.63, 3.8) is 0 Å². The van der Waals surface area contributed by atoms with E-state index in [9.17, 15) is 0 Å². The Labute approximate surface area is 67.6 Å². The van der Waals surface area contributed by atoms with Crippen molar-refractivity contribution in [1.82, 2.24) is 0 Å². The zero-order chi connectivity index (χ0) is 8.10. The molecular formula is C11H10. The van der Waals surface area contributed by atoms with Gasteiger partial charge in [-0.05, 0) is 24.6 Å². The number of hydrogen-bond donors (Lipinski definition) is 0. The first kappa shape index (κ1) is 7.63. The maximum atomic E-state index is 3.68. The average molecular weight is 142 g/mol. The van der Waals surface area contributed by atoms with Crippen molar-refractivity contribution < 1.29 is 0 Å². The first-order chi connectivity index (χ1) is 5.36. The first-order valence-electron chi connectivity index (χ1n) is 3.52. The predicted molar refractivity (Wildman–Crippen MR) is 49.1 cm³/mol. The molecule has 11 heavy (non-hydrogen) atoms. The molecule has 0 nitrogen and oxygen atoms in total. The van der Waals surface area contributed by atoms with E-state index in [1.54, 1.807) is 0 Å². The molecule has 0 amide bonds. The summed E-state index contributed by atoms with van der Waals surface area (Å²) in [5, 5.41) is 0. The van der Waals surface area contributed by atoms with E-state index in [0.29, 0.717) is 0 Å². The summed E-state index contributed by atoms with van der Waals surface area (Å²) >= 11 is 0. The van der Waals surface area contributed by atoms with Crippen molar-refractivity contribution in [3.8, 4) is 11.8 Å². The van der Waals surface area contributed by atoms with Gasteiger partial charge in [0.2, 0.25) is 0 Å². The van der Waals surface area contributed by atoms with E-state index in [1.807, 2.05) is 37.3 Å². The number of rotatable bonds is 1. The number of hydrogen-bond acceptors (Lipinski definition) is 0. The summed E-state index contributed by atoms with van der Waals surface area (Å²) in [7, 11) is 0. The SMILES string of the molecule is C=Cc1cccc(C#CC)c1. The van der Waals surface area contributed by atoms with Crippen molar-refractivity contribution in [1.29, 1.82) is 0 Å². The van der Waals surface area contributed by atoms with E-state index in [1.165, 1.54) is 0 Å². The predicted octanol–water partition coefficient (Wildman–Crippen LogP) is 2.70. The van der Waals surface area contributed by atoms with Crippen LogP contribution in [-0.2, 0) is 0 Å². The van der Waals surface area contributed by atoms with Crippen LogP contribution in [0.5, 0.6) is 0 Å². The lowest BCUT2D eigenvalue weighted by atomic mass is 10.1. The Kier molecular flexibility index (Phi) is 2.52. The molecule has 0 bridgehead atoms. The van der Waals surface area contributed by atoms with E-state index in [-0.39, 0.29) is 0 Å². The molecular weight excluding hydrogens is 132 g/mol. The van der Waals surface area contributed by atoms with Crippen LogP contribution in [0.2, 0.25) is 0 Å². The van der Waals surface area contributed by atoms with Gasteiger partial charge in [0.25, 0.3) is 0 Å². The van der Waals surface area contributed by atoms with Crippen LogP contribution in [-0.4, -0.2) is 0 Å². The molecule has 1 aromatic rings. The summed E-state index contributed by atoms with van der Waals surface area (Å²) in [6, 6.07) is 8.00. The van der Waals surface area contributed by atoms with Crippen LogP contribution in [0.1, 0.15) is 18.1 Å². The molecule has 0 heteroatoms. The fourth-order valence-electron chi connectivity index (χ4n) is 0.888. The Bertz CT molecular complexity index is 310. The summed E-state index contributed by atoms with van der Waals surface area (Å²) in [5.74, 6) is 5.84. The van der Waals surface area contributed by atoms with Crippen molar-refractivity contribution in [2.24, 2.45) is 0 Å². The van der Waals surface area contributed by atoms with Crippen LogP contribution < -0.4 is 0 Å². The molecule has 0 aliphatic heterocycles. The van der Waals surface area contributed by atoms with Crippen molar-refractivity contribution >= 4 is 6.08 Å². The van der Waals surface area contributed by atoms with Gasteiger partial charge in [-0.15, -0.1) is 5.92 Å². The lowest BCUT2D eigenvalue weighted by Crippen LogP contribution is -1.74. The molecule has 0 radical (unpaired) electrons. The monoisotopic (exact) mass is 142 g/mol. The summed E-state index contributed by atoms with van der Waals surface area (Å²) in [4.78, 5) is 0. The second kappa shape index (κ2) is 3.63. The fourth-order valence-corrected chi connectivity index (χ4v) is 0.888. The van der Waals surface area contributed by atoms with Crippen molar-refractivity contribution in [2.45, 2.75) is 6.92 Å². The molecule has 0 saturated carbocycles.